The minimum absolute atomic E-state index is 0.00381. The van der Waals surface area contributed by atoms with Crippen LogP contribution in [0.3, 0.4) is 0 Å². The van der Waals surface area contributed by atoms with Crippen molar-refractivity contribution in [1.82, 2.24) is 31.1 Å². The molecule has 0 radical (unpaired) electrons. The van der Waals surface area contributed by atoms with Crippen LogP contribution in [0.2, 0.25) is 0 Å². The van der Waals surface area contributed by atoms with Crippen molar-refractivity contribution in [3.8, 4) is 0 Å². The Labute approximate surface area is 395 Å². The Morgan fingerprint density at radius 1 is 0.687 bits per heavy atom. The topological polar surface area (TPSA) is 293 Å². The molecule has 0 bridgehead atoms. The SMILES string of the molecule is CC(=O)CC[C@H](NC(=O)[C@H](CC(C)C)NC(=O)[C@H](CC(C)C)NC(=O)CCOCCOCCOCCOCCOCCOCCN1C(=O)CC(C)C1O)C(=O)NCC(=O)N1CCC[C@H]1C(N)=O. The number of nitrogens with two attached hydrogens (primary N) is 1. The number of nitrogens with one attached hydrogen (secondary N) is 4. The smallest absolute Gasteiger partial charge is 0.243 e. The summed E-state index contributed by atoms with van der Waals surface area (Å²) < 4.78 is 33.0. The van der Waals surface area contributed by atoms with Crippen molar-refractivity contribution >= 4 is 47.1 Å². The number of Topliss-reactive ketones (excluding diaryl/α,β-unsaturated/α-hetero) is 1. The second-order valence-corrected chi connectivity index (χ2v) is 17.7. The first kappa shape index (κ1) is 58.8. The molecule has 0 spiro atoms. The van der Waals surface area contributed by atoms with E-state index in [0.29, 0.717) is 91.8 Å². The maximum Gasteiger partial charge on any atom is 0.243 e. The molecule has 7 amide bonds. The Morgan fingerprint density at radius 2 is 1.16 bits per heavy atom. The molecule has 2 heterocycles. The van der Waals surface area contributed by atoms with Gasteiger partial charge in [-0.1, -0.05) is 34.6 Å². The number of likely N-dealkylation sites (tertiary alicyclic amines) is 2. The van der Waals surface area contributed by atoms with Crippen LogP contribution >= 0.6 is 0 Å². The zero-order valence-electron chi connectivity index (χ0n) is 40.5. The lowest BCUT2D eigenvalue weighted by molar-refractivity contribution is -0.138. The van der Waals surface area contributed by atoms with E-state index in [9.17, 15) is 43.5 Å². The van der Waals surface area contributed by atoms with Crippen molar-refractivity contribution < 1.29 is 71.9 Å². The summed E-state index contributed by atoms with van der Waals surface area (Å²) in [4.78, 5) is 105. The van der Waals surface area contributed by atoms with Gasteiger partial charge in [0.15, 0.2) is 0 Å². The standard InChI is InChI=1S/C45H79N7O15/c1-30(2)26-35(43(59)50-36(27-31(3)4)44(60)49-34(10-9-33(6)53)42(58)47-29-40(56)51-12-7-8-37(51)41(46)57)48-38(54)11-14-62-16-18-64-20-22-66-24-25-67-23-21-65-19-17-63-15-13-52-39(55)28-32(5)45(52)61/h30-32,34-37,45,61H,7-29H2,1-6H3,(H2,46,57)(H,47,58)(H,48,54)(H,49,60)(H,50,59)/t32?,34-,35-,36-,37-,45?/m0/s1. The minimum Gasteiger partial charge on any atom is -0.379 e. The molecule has 67 heavy (non-hydrogen) atoms. The zero-order valence-corrected chi connectivity index (χ0v) is 40.5. The summed E-state index contributed by atoms with van der Waals surface area (Å²) in [5.41, 5.74) is 5.42. The molecule has 0 aliphatic carbocycles. The van der Waals surface area contributed by atoms with Gasteiger partial charge in [-0.25, -0.2) is 0 Å². The first-order valence-corrected chi connectivity index (χ1v) is 23.6. The van der Waals surface area contributed by atoms with Crippen molar-refractivity contribution in [1.29, 1.82) is 0 Å². The average Bonchev–Trinajstić information content (AvgIpc) is 3.86. The number of primary amides is 1. The predicted molar refractivity (Wildman–Crippen MR) is 243 cm³/mol. The van der Waals surface area contributed by atoms with Gasteiger partial charge in [0.2, 0.25) is 41.4 Å². The second-order valence-electron chi connectivity index (χ2n) is 17.7. The summed E-state index contributed by atoms with van der Waals surface area (Å²) in [6.45, 7) is 14.9. The third-order valence-corrected chi connectivity index (χ3v) is 10.9. The fourth-order valence-electron chi connectivity index (χ4n) is 7.32. The van der Waals surface area contributed by atoms with Gasteiger partial charge in [0.05, 0.1) is 85.8 Å². The maximum absolute atomic E-state index is 13.7. The number of ketones is 1. The van der Waals surface area contributed by atoms with Gasteiger partial charge in [0, 0.05) is 38.3 Å². The van der Waals surface area contributed by atoms with Crippen LogP contribution in [0.15, 0.2) is 0 Å². The molecular formula is C45H79N7O15. The van der Waals surface area contributed by atoms with Gasteiger partial charge in [-0.05, 0) is 50.9 Å². The Morgan fingerprint density at radius 3 is 1.63 bits per heavy atom. The molecule has 2 fully saturated rings. The van der Waals surface area contributed by atoms with Gasteiger partial charge in [-0.3, -0.25) is 33.6 Å². The Bertz CT molecular complexity index is 1550. The molecule has 2 rings (SSSR count). The summed E-state index contributed by atoms with van der Waals surface area (Å²) >= 11 is 0. The lowest BCUT2D eigenvalue weighted by Crippen LogP contribution is -2.57. The molecule has 0 aromatic heterocycles. The van der Waals surface area contributed by atoms with Crippen LogP contribution in [0.25, 0.3) is 0 Å². The molecule has 384 valence electrons. The highest BCUT2D eigenvalue weighted by Gasteiger charge is 2.36. The Kier molecular flexibility index (Phi) is 29.2. The fraction of sp³-hybridized carbons (Fsp3) is 0.822. The molecule has 0 aromatic rings. The lowest BCUT2D eigenvalue weighted by Gasteiger charge is -2.27. The highest BCUT2D eigenvalue weighted by Crippen LogP contribution is 2.22. The second kappa shape index (κ2) is 33.2. The Balaban J connectivity index is 1.65. The van der Waals surface area contributed by atoms with Crippen LogP contribution in [0.1, 0.15) is 92.9 Å². The summed E-state index contributed by atoms with van der Waals surface area (Å²) in [6.07, 6.45) is 0.997. The van der Waals surface area contributed by atoms with Crippen LogP contribution < -0.4 is 27.0 Å². The molecule has 22 heteroatoms. The van der Waals surface area contributed by atoms with Gasteiger partial charge in [-0.2, -0.15) is 0 Å². The normalized spacial score (nSPS) is 18.5. The van der Waals surface area contributed by atoms with Crippen molar-refractivity contribution in [2.24, 2.45) is 23.5 Å². The molecule has 2 unspecified atom stereocenters. The molecule has 22 nitrogen and oxygen atoms in total. The first-order chi connectivity index (χ1) is 31.9. The van der Waals surface area contributed by atoms with Gasteiger partial charge in [-0.15, -0.1) is 0 Å². The monoisotopic (exact) mass is 958 g/mol. The number of carbonyl (C=O) groups excluding carboxylic acids is 8. The molecule has 2 saturated heterocycles. The lowest BCUT2D eigenvalue weighted by atomic mass is 9.99. The van der Waals surface area contributed by atoms with Crippen molar-refractivity contribution in [2.45, 2.75) is 123 Å². The van der Waals surface area contributed by atoms with E-state index in [4.69, 9.17) is 34.2 Å². The fourth-order valence-corrected chi connectivity index (χ4v) is 7.32. The summed E-state index contributed by atoms with van der Waals surface area (Å²) in [6, 6.07) is -4.02. The van der Waals surface area contributed by atoms with Crippen LogP contribution in [0.4, 0.5) is 0 Å². The van der Waals surface area contributed by atoms with Crippen LogP contribution in [-0.2, 0) is 66.8 Å². The van der Waals surface area contributed by atoms with E-state index in [0.717, 1.165) is 0 Å². The number of hydrogen-bond acceptors (Lipinski definition) is 15. The number of ether oxygens (including phenoxy) is 6. The number of hydrogen-bond donors (Lipinski definition) is 6. The molecule has 2 aliphatic rings. The van der Waals surface area contributed by atoms with E-state index in [1.54, 1.807) is 0 Å². The maximum atomic E-state index is 13.7. The van der Waals surface area contributed by atoms with E-state index in [1.165, 1.54) is 16.7 Å². The predicted octanol–water partition coefficient (Wildman–Crippen LogP) is -0.829. The summed E-state index contributed by atoms with van der Waals surface area (Å²) in [5, 5.41) is 20.7. The highest BCUT2D eigenvalue weighted by atomic mass is 16.6. The number of nitrogens with zero attached hydrogens (tertiary/aromatic N) is 2. The van der Waals surface area contributed by atoms with Crippen LogP contribution in [0, 0.1) is 17.8 Å². The van der Waals surface area contributed by atoms with Gasteiger partial charge in [0.1, 0.15) is 36.2 Å². The van der Waals surface area contributed by atoms with E-state index >= 15 is 0 Å². The van der Waals surface area contributed by atoms with E-state index in [2.05, 4.69) is 21.3 Å². The molecule has 0 aromatic carbocycles. The van der Waals surface area contributed by atoms with E-state index < -0.39 is 72.4 Å². The number of carbonyl (C=O) groups is 8. The van der Waals surface area contributed by atoms with Gasteiger partial charge in [0.25, 0.3) is 0 Å². The zero-order chi connectivity index (χ0) is 49.7. The third kappa shape index (κ3) is 24.5. The summed E-state index contributed by atoms with van der Waals surface area (Å²) in [5.74, 6) is -3.92. The average molecular weight is 958 g/mol. The van der Waals surface area contributed by atoms with Crippen molar-refractivity contribution in [2.75, 3.05) is 98.9 Å². The van der Waals surface area contributed by atoms with E-state index in [1.807, 2.05) is 34.6 Å². The molecular weight excluding hydrogens is 879 g/mol. The molecule has 6 atom stereocenters. The number of amides is 7. The Hall–Kier alpha value is -4.32. The van der Waals surface area contributed by atoms with Crippen molar-refractivity contribution in [3.63, 3.8) is 0 Å². The highest BCUT2D eigenvalue weighted by molar-refractivity contribution is 5.96. The number of rotatable bonds is 37. The van der Waals surface area contributed by atoms with Crippen LogP contribution in [-0.4, -0.2) is 191 Å². The largest absolute Gasteiger partial charge is 0.379 e. The first-order valence-electron chi connectivity index (χ1n) is 23.6. The molecule has 7 N–H and O–H groups in total. The van der Waals surface area contributed by atoms with Crippen LogP contribution in [0.5, 0.6) is 0 Å². The molecule has 0 saturated carbocycles. The minimum atomic E-state index is -1.21. The number of aliphatic hydroxyl groups excluding tert-OH is 1. The quantitative estimate of drug-likeness (QED) is 0.0415. The van der Waals surface area contributed by atoms with Crippen molar-refractivity contribution in [3.05, 3.63) is 0 Å². The number of aliphatic hydroxyl groups is 1. The van der Waals surface area contributed by atoms with Gasteiger partial charge < -0.3 is 75.1 Å². The molecule has 2 aliphatic heterocycles. The third-order valence-electron chi connectivity index (χ3n) is 10.9. The van der Waals surface area contributed by atoms with Gasteiger partial charge >= 0.3 is 0 Å². The van der Waals surface area contributed by atoms with E-state index in [-0.39, 0.29) is 81.4 Å². The summed E-state index contributed by atoms with van der Waals surface area (Å²) in [7, 11) is 0.